The Labute approximate surface area is 209 Å². The Hall–Kier alpha value is -3.80. The second-order valence-electron chi connectivity index (χ2n) is 8.24. The zero-order valence-corrected chi connectivity index (χ0v) is 20.1. The molecular formula is C23H23ClF2N6O4. The van der Waals surface area contributed by atoms with Crippen molar-refractivity contribution in [1.82, 2.24) is 19.5 Å². The van der Waals surface area contributed by atoms with Gasteiger partial charge in [-0.15, -0.1) is 0 Å². The molecule has 1 fully saturated rings. The van der Waals surface area contributed by atoms with Gasteiger partial charge >= 0.3 is 12.7 Å². The minimum atomic E-state index is -3.01. The van der Waals surface area contributed by atoms with E-state index in [-0.39, 0.29) is 29.4 Å². The van der Waals surface area contributed by atoms with E-state index in [9.17, 15) is 18.4 Å². The van der Waals surface area contributed by atoms with Crippen molar-refractivity contribution in [2.45, 2.75) is 39.3 Å². The number of aryl methyl sites for hydroxylation is 2. The zero-order valence-electron chi connectivity index (χ0n) is 19.4. The van der Waals surface area contributed by atoms with Crippen LogP contribution in [0.3, 0.4) is 0 Å². The maximum atomic E-state index is 13.3. The van der Waals surface area contributed by atoms with E-state index in [4.69, 9.17) is 16.3 Å². The molecule has 13 heteroatoms. The lowest BCUT2D eigenvalue weighted by Crippen LogP contribution is -2.32. The van der Waals surface area contributed by atoms with Crippen LogP contribution in [0.25, 0.3) is 0 Å². The number of hydrogen-bond acceptors (Lipinski definition) is 8. The fraction of sp³-hybridized carbons (Fsp3) is 0.348. The van der Waals surface area contributed by atoms with Gasteiger partial charge in [0.15, 0.2) is 5.82 Å². The van der Waals surface area contributed by atoms with Crippen molar-refractivity contribution >= 4 is 34.9 Å². The van der Waals surface area contributed by atoms with E-state index in [1.165, 1.54) is 23.0 Å². The van der Waals surface area contributed by atoms with E-state index in [1.807, 2.05) is 0 Å². The number of nitrogens with one attached hydrogen (secondary N) is 2. The minimum absolute atomic E-state index is 0.0440. The highest BCUT2D eigenvalue weighted by Crippen LogP contribution is 2.39. The molecule has 1 aliphatic rings. The van der Waals surface area contributed by atoms with E-state index < -0.39 is 24.3 Å². The first-order valence-electron chi connectivity index (χ1n) is 11.0. The summed E-state index contributed by atoms with van der Waals surface area (Å²) in [7, 11) is 0. The van der Waals surface area contributed by atoms with Gasteiger partial charge in [0.1, 0.15) is 11.8 Å². The number of amides is 1. The molecule has 10 nitrogen and oxygen atoms in total. The summed E-state index contributed by atoms with van der Waals surface area (Å²) in [4.78, 5) is 37.6. The molecule has 2 N–H and O–H groups in total. The van der Waals surface area contributed by atoms with E-state index in [0.29, 0.717) is 22.6 Å². The Kier molecular flexibility index (Phi) is 7.63. The molecule has 0 aliphatic heterocycles. The molecule has 0 radical (unpaired) electrons. The topological polar surface area (TPSA) is 120 Å². The van der Waals surface area contributed by atoms with Crippen molar-refractivity contribution in [3.63, 3.8) is 0 Å². The van der Waals surface area contributed by atoms with Gasteiger partial charge in [0.2, 0.25) is 5.88 Å². The van der Waals surface area contributed by atoms with Crippen LogP contribution in [0.1, 0.15) is 30.1 Å². The number of nitrogens with zero attached hydrogens (tertiary/aromatic N) is 4. The largest absolute Gasteiger partial charge is 0.447 e. The first-order valence-corrected chi connectivity index (χ1v) is 11.4. The molecule has 1 amide bonds. The SMILES string of the molecule is Cc1cc(Nc2nc(Cl)cn([C@H](COC(=O)Nc3cccnc3)C3CC3)c2=O)c(C)nc1OC(F)F. The van der Waals surface area contributed by atoms with Crippen LogP contribution in [-0.2, 0) is 4.74 Å². The Morgan fingerprint density at radius 3 is 2.75 bits per heavy atom. The fourth-order valence-corrected chi connectivity index (χ4v) is 3.81. The number of carbonyl (C=O) groups excluding carboxylic acids is 1. The summed E-state index contributed by atoms with van der Waals surface area (Å²) in [5, 5.41) is 5.52. The molecular weight excluding hydrogens is 498 g/mol. The molecule has 1 atom stereocenters. The van der Waals surface area contributed by atoms with Crippen LogP contribution in [0.15, 0.2) is 41.6 Å². The van der Waals surface area contributed by atoms with Gasteiger partial charge in [0.05, 0.1) is 29.3 Å². The van der Waals surface area contributed by atoms with Crippen LogP contribution in [0.5, 0.6) is 5.88 Å². The summed E-state index contributed by atoms with van der Waals surface area (Å²) in [6, 6.07) is 4.41. The first kappa shape index (κ1) is 25.3. The molecule has 0 aromatic carbocycles. The fourth-order valence-electron chi connectivity index (χ4n) is 3.62. The lowest BCUT2D eigenvalue weighted by molar-refractivity contribution is -0.0533. The van der Waals surface area contributed by atoms with E-state index >= 15 is 0 Å². The lowest BCUT2D eigenvalue weighted by atomic mass is 10.2. The highest BCUT2D eigenvalue weighted by Gasteiger charge is 2.35. The van der Waals surface area contributed by atoms with E-state index in [0.717, 1.165) is 12.8 Å². The van der Waals surface area contributed by atoms with E-state index in [2.05, 4.69) is 30.3 Å². The predicted molar refractivity (Wildman–Crippen MR) is 128 cm³/mol. The third-order valence-electron chi connectivity index (χ3n) is 5.53. The van der Waals surface area contributed by atoms with Crippen LogP contribution in [0, 0.1) is 19.8 Å². The van der Waals surface area contributed by atoms with Gasteiger partial charge in [-0.05, 0) is 50.8 Å². The van der Waals surface area contributed by atoms with Crippen molar-refractivity contribution in [2.24, 2.45) is 5.92 Å². The summed E-state index contributed by atoms with van der Waals surface area (Å²) >= 11 is 6.22. The van der Waals surface area contributed by atoms with Crippen LogP contribution >= 0.6 is 11.6 Å². The maximum absolute atomic E-state index is 13.3. The lowest BCUT2D eigenvalue weighted by Gasteiger charge is -2.21. The number of hydrogen-bond donors (Lipinski definition) is 2. The summed E-state index contributed by atoms with van der Waals surface area (Å²) in [5.74, 6) is -0.170. The molecule has 0 spiro atoms. The Balaban J connectivity index is 1.54. The number of aromatic nitrogens is 4. The van der Waals surface area contributed by atoms with Gasteiger partial charge in [-0.1, -0.05) is 11.6 Å². The second kappa shape index (κ2) is 10.9. The van der Waals surface area contributed by atoms with E-state index in [1.54, 1.807) is 32.2 Å². The summed E-state index contributed by atoms with van der Waals surface area (Å²) < 4.78 is 36.4. The van der Waals surface area contributed by atoms with Gasteiger partial charge < -0.3 is 19.4 Å². The number of anilines is 3. The van der Waals surface area contributed by atoms with Gasteiger partial charge in [0.25, 0.3) is 5.56 Å². The number of ether oxygens (including phenoxy) is 2. The quantitative estimate of drug-likeness (QED) is 0.411. The van der Waals surface area contributed by atoms with Crippen molar-refractivity contribution in [1.29, 1.82) is 0 Å². The predicted octanol–water partition coefficient (Wildman–Crippen LogP) is 4.85. The molecule has 4 rings (SSSR count). The molecule has 3 heterocycles. The normalized spacial score (nSPS) is 13.8. The van der Waals surface area contributed by atoms with Crippen molar-refractivity contribution in [3.05, 3.63) is 63.6 Å². The Morgan fingerprint density at radius 1 is 1.31 bits per heavy atom. The third kappa shape index (κ3) is 6.25. The number of alkyl halides is 2. The molecule has 190 valence electrons. The highest BCUT2D eigenvalue weighted by molar-refractivity contribution is 6.29. The number of carbonyl (C=O) groups is 1. The van der Waals surface area contributed by atoms with Gasteiger partial charge in [-0.25, -0.2) is 14.8 Å². The molecule has 3 aromatic rings. The Morgan fingerprint density at radius 2 is 2.08 bits per heavy atom. The average Bonchev–Trinajstić information content (AvgIpc) is 3.65. The number of pyridine rings is 2. The maximum Gasteiger partial charge on any atom is 0.411 e. The minimum Gasteiger partial charge on any atom is -0.447 e. The molecule has 0 unspecified atom stereocenters. The first-order chi connectivity index (χ1) is 17.2. The zero-order chi connectivity index (χ0) is 25.8. The van der Waals surface area contributed by atoms with Crippen LogP contribution < -0.4 is 20.9 Å². The van der Waals surface area contributed by atoms with Crippen molar-refractivity contribution < 1.29 is 23.0 Å². The van der Waals surface area contributed by atoms with Crippen molar-refractivity contribution in [2.75, 3.05) is 17.2 Å². The molecule has 3 aromatic heterocycles. The van der Waals surface area contributed by atoms with Crippen LogP contribution in [0.4, 0.5) is 30.8 Å². The summed E-state index contributed by atoms with van der Waals surface area (Å²) in [6.45, 7) is 0.0562. The second-order valence-corrected chi connectivity index (χ2v) is 8.63. The van der Waals surface area contributed by atoms with Crippen LogP contribution in [-0.4, -0.2) is 38.8 Å². The van der Waals surface area contributed by atoms with Gasteiger partial charge in [0, 0.05) is 18.0 Å². The van der Waals surface area contributed by atoms with Gasteiger partial charge in [-0.2, -0.15) is 8.78 Å². The average molecular weight is 521 g/mol. The number of rotatable bonds is 9. The molecule has 0 bridgehead atoms. The number of halogens is 3. The molecule has 1 aliphatic carbocycles. The Bertz CT molecular complexity index is 1300. The molecule has 36 heavy (non-hydrogen) atoms. The third-order valence-corrected chi connectivity index (χ3v) is 5.71. The summed E-state index contributed by atoms with van der Waals surface area (Å²) in [5.41, 5.74) is 1.03. The smallest absolute Gasteiger partial charge is 0.411 e. The standard InChI is InChI=1S/C23H23ClF2N6O4/c1-12-8-16(13(2)28-20(12)36-22(25)26)30-19-21(33)32(10-18(24)31-19)17(14-5-6-14)11-35-23(34)29-15-4-3-7-27-9-15/h3-4,7-10,14,17,22H,5-6,11H2,1-2H3,(H,29,34)(H,30,31)/t17-/m1/s1. The van der Waals surface area contributed by atoms with Gasteiger partial charge in [-0.3, -0.25) is 15.1 Å². The molecule has 0 saturated heterocycles. The highest BCUT2D eigenvalue weighted by atomic mass is 35.5. The molecule has 1 saturated carbocycles. The summed E-state index contributed by atoms with van der Waals surface area (Å²) in [6.07, 6.45) is 5.51. The monoisotopic (exact) mass is 520 g/mol. The van der Waals surface area contributed by atoms with Crippen LogP contribution in [0.2, 0.25) is 5.15 Å². The van der Waals surface area contributed by atoms with Crippen molar-refractivity contribution in [3.8, 4) is 5.88 Å².